The molecule has 1 aromatic carbocycles. The summed E-state index contributed by atoms with van der Waals surface area (Å²) in [6, 6.07) is 10.0. The number of nitriles is 1. The van der Waals surface area contributed by atoms with Crippen molar-refractivity contribution < 1.29 is 4.79 Å². The number of hydrogen-bond donors (Lipinski definition) is 0. The van der Waals surface area contributed by atoms with Gasteiger partial charge in [-0.25, -0.2) is 0 Å². The van der Waals surface area contributed by atoms with E-state index in [1.165, 1.54) is 0 Å². The molecule has 0 saturated heterocycles. The van der Waals surface area contributed by atoms with Crippen LogP contribution in [0.3, 0.4) is 0 Å². The topological polar surface area (TPSA) is 44.1 Å². The van der Waals surface area contributed by atoms with Crippen molar-refractivity contribution in [2.45, 2.75) is 33.1 Å². The molecule has 0 saturated carbocycles. The van der Waals surface area contributed by atoms with Crippen molar-refractivity contribution in [2.24, 2.45) is 0 Å². The summed E-state index contributed by atoms with van der Waals surface area (Å²) >= 11 is 0. The van der Waals surface area contributed by atoms with Gasteiger partial charge in [0.15, 0.2) is 0 Å². The van der Waals surface area contributed by atoms with Crippen LogP contribution in [0, 0.1) is 18.3 Å². The third kappa shape index (κ3) is 3.33. The second kappa shape index (κ2) is 6.80. The molecule has 3 nitrogen and oxygen atoms in total. The predicted molar refractivity (Wildman–Crippen MR) is 72.1 cm³/mol. The third-order valence-corrected chi connectivity index (χ3v) is 3.21. The maximum absolute atomic E-state index is 12.0. The first-order chi connectivity index (χ1) is 8.63. The molecular formula is C15H20N2O. The van der Waals surface area contributed by atoms with Crippen molar-refractivity contribution in [1.29, 1.82) is 5.26 Å². The van der Waals surface area contributed by atoms with E-state index in [2.05, 4.69) is 6.07 Å². The second-order valence-corrected chi connectivity index (χ2v) is 4.31. The summed E-state index contributed by atoms with van der Waals surface area (Å²) < 4.78 is 0. The maximum atomic E-state index is 12.0. The van der Waals surface area contributed by atoms with Crippen LogP contribution < -0.4 is 0 Å². The molecule has 0 N–H and O–H groups in total. The van der Waals surface area contributed by atoms with Gasteiger partial charge in [-0.05, 0) is 31.9 Å². The normalized spacial score (nSPS) is 11.7. The zero-order valence-corrected chi connectivity index (χ0v) is 11.3. The maximum Gasteiger partial charge on any atom is 0.224 e. The highest BCUT2D eigenvalue weighted by Crippen LogP contribution is 2.23. The van der Waals surface area contributed by atoms with E-state index in [0.29, 0.717) is 13.1 Å². The molecule has 0 heterocycles. The fourth-order valence-electron chi connectivity index (χ4n) is 2.08. The molecular weight excluding hydrogens is 224 g/mol. The summed E-state index contributed by atoms with van der Waals surface area (Å²) in [6.07, 6.45) is 0.267. The first-order valence-electron chi connectivity index (χ1n) is 6.36. The molecule has 0 bridgehead atoms. The van der Waals surface area contributed by atoms with Gasteiger partial charge in [-0.15, -0.1) is 0 Å². The van der Waals surface area contributed by atoms with Crippen molar-refractivity contribution in [3.8, 4) is 6.07 Å². The molecule has 18 heavy (non-hydrogen) atoms. The van der Waals surface area contributed by atoms with Crippen LogP contribution >= 0.6 is 0 Å². The molecule has 1 atom stereocenters. The minimum absolute atomic E-state index is 0.0507. The van der Waals surface area contributed by atoms with Crippen LogP contribution in [0.1, 0.15) is 37.3 Å². The number of carbonyl (C=O) groups excluding carboxylic acids is 1. The minimum atomic E-state index is -0.348. The molecule has 0 aliphatic heterocycles. The average Bonchev–Trinajstić information content (AvgIpc) is 2.38. The summed E-state index contributed by atoms with van der Waals surface area (Å²) in [5, 5.41) is 9.26. The smallest absolute Gasteiger partial charge is 0.224 e. The van der Waals surface area contributed by atoms with Gasteiger partial charge < -0.3 is 4.90 Å². The van der Waals surface area contributed by atoms with Crippen LogP contribution in [-0.2, 0) is 4.79 Å². The largest absolute Gasteiger partial charge is 0.343 e. The first-order valence-corrected chi connectivity index (χ1v) is 6.36. The van der Waals surface area contributed by atoms with Gasteiger partial charge in [-0.1, -0.05) is 24.3 Å². The number of hydrogen-bond acceptors (Lipinski definition) is 2. The lowest BCUT2D eigenvalue weighted by atomic mass is 9.93. The van der Waals surface area contributed by atoms with Gasteiger partial charge in [-0.2, -0.15) is 5.26 Å². The molecule has 0 spiro atoms. The van der Waals surface area contributed by atoms with Crippen LogP contribution in [0.15, 0.2) is 24.3 Å². The van der Waals surface area contributed by atoms with E-state index >= 15 is 0 Å². The summed E-state index contributed by atoms with van der Waals surface area (Å²) in [7, 11) is 0. The van der Waals surface area contributed by atoms with Gasteiger partial charge in [0.2, 0.25) is 5.91 Å². The molecule has 1 rings (SSSR count). The Kier molecular flexibility index (Phi) is 5.38. The molecule has 0 fully saturated rings. The number of nitrogens with zero attached hydrogens (tertiary/aromatic N) is 2. The number of amides is 1. The number of aryl methyl sites for hydroxylation is 1. The Balaban J connectivity index is 2.84. The molecule has 0 aliphatic carbocycles. The van der Waals surface area contributed by atoms with E-state index in [0.717, 1.165) is 11.1 Å². The molecule has 3 heteroatoms. The molecule has 1 unspecified atom stereocenters. The lowest BCUT2D eigenvalue weighted by Crippen LogP contribution is -2.31. The van der Waals surface area contributed by atoms with Crippen LogP contribution in [0.25, 0.3) is 0 Å². The van der Waals surface area contributed by atoms with Crippen molar-refractivity contribution in [2.75, 3.05) is 13.1 Å². The van der Waals surface area contributed by atoms with E-state index in [9.17, 15) is 10.1 Å². The molecule has 1 amide bonds. The summed E-state index contributed by atoms with van der Waals surface area (Å²) in [5.41, 5.74) is 2.02. The van der Waals surface area contributed by atoms with Gasteiger partial charge >= 0.3 is 0 Å². The van der Waals surface area contributed by atoms with E-state index in [4.69, 9.17) is 0 Å². The van der Waals surface area contributed by atoms with Crippen molar-refractivity contribution in [3.05, 3.63) is 35.4 Å². The van der Waals surface area contributed by atoms with Gasteiger partial charge in [0.1, 0.15) is 0 Å². The number of benzene rings is 1. The van der Waals surface area contributed by atoms with Gasteiger partial charge in [0.05, 0.1) is 12.0 Å². The summed E-state index contributed by atoms with van der Waals surface area (Å²) in [4.78, 5) is 13.8. The highest BCUT2D eigenvalue weighted by atomic mass is 16.2. The zero-order chi connectivity index (χ0) is 13.5. The van der Waals surface area contributed by atoms with E-state index in [1.54, 1.807) is 4.90 Å². The Morgan fingerprint density at radius 2 is 1.94 bits per heavy atom. The number of carbonyl (C=O) groups is 1. The highest BCUT2D eigenvalue weighted by Gasteiger charge is 2.19. The SMILES string of the molecule is CCN(CC)C(=O)CC(C#N)c1ccccc1C. The Morgan fingerprint density at radius 1 is 1.33 bits per heavy atom. The summed E-state index contributed by atoms with van der Waals surface area (Å²) in [6.45, 7) is 7.27. The highest BCUT2D eigenvalue weighted by molar-refractivity contribution is 5.77. The van der Waals surface area contributed by atoms with Gasteiger partial charge in [0.25, 0.3) is 0 Å². The Morgan fingerprint density at radius 3 is 2.44 bits per heavy atom. The van der Waals surface area contributed by atoms with Crippen LogP contribution in [0.5, 0.6) is 0 Å². The molecule has 0 radical (unpaired) electrons. The quantitative estimate of drug-likeness (QED) is 0.799. The van der Waals surface area contributed by atoms with Crippen LogP contribution in [0.2, 0.25) is 0 Å². The van der Waals surface area contributed by atoms with E-state index in [-0.39, 0.29) is 18.2 Å². The number of rotatable bonds is 5. The van der Waals surface area contributed by atoms with Crippen LogP contribution in [0.4, 0.5) is 0 Å². The Hall–Kier alpha value is -1.82. The van der Waals surface area contributed by atoms with Crippen molar-refractivity contribution >= 4 is 5.91 Å². The fraction of sp³-hybridized carbons (Fsp3) is 0.467. The average molecular weight is 244 g/mol. The standard InChI is InChI=1S/C15H20N2O/c1-4-17(5-2)15(18)10-13(11-16)14-9-7-6-8-12(14)3/h6-9,13H,4-5,10H2,1-3H3. The summed E-state index contributed by atoms with van der Waals surface area (Å²) in [5.74, 6) is -0.297. The second-order valence-electron chi connectivity index (χ2n) is 4.31. The van der Waals surface area contributed by atoms with Crippen molar-refractivity contribution in [1.82, 2.24) is 4.90 Å². The lowest BCUT2D eigenvalue weighted by Gasteiger charge is -2.20. The third-order valence-electron chi connectivity index (χ3n) is 3.21. The molecule has 0 aromatic heterocycles. The minimum Gasteiger partial charge on any atom is -0.343 e. The van der Waals surface area contributed by atoms with Gasteiger partial charge in [-0.3, -0.25) is 4.79 Å². The molecule has 1 aromatic rings. The molecule has 96 valence electrons. The van der Waals surface area contributed by atoms with E-state index in [1.807, 2.05) is 45.0 Å². The fourth-order valence-corrected chi connectivity index (χ4v) is 2.08. The first kappa shape index (κ1) is 14.2. The van der Waals surface area contributed by atoms with Gasteiger partial charge in [0, 0.05) is 19.5 Å². The van der Waals surface area contributed by atoms with Crippen molar-refractivity contribution in [3.63, 3.8) is 0 Å². The predicted octanol–water partition coefficient (Wildman–Crippen LogP) is 2.86. The monoisotopic (exact) mass is 244 g/mol. The Bertz CT molecular complexity index is 444. The zero-order valence-electron chi connectivity index (χ0n) is 11.3. The molecule has 0 aliphatic rings. The Labute approximate surface area is 109 Å². The van der Waals surface area contributed by atoms with Crippen LogP contribution in [-0.4, -0.2) is 23.9 Å². The lowest BCUT2D eigenvalue weighted by molar-refractivity contribution is -0.130. The van der Waals surface area contributed by atoms with E-state index < -0.39 is 0 Å².